The van der Waals surface area contributed by atoms with Gasteiger partial charge < -0.3 is 5.32 Å². The number of amides is 1. The minimum Gasteiger partial charge on any atom is -0.358 e. The zero-order chi connectivity index (χ0) is 14.9. The summed E-state index contributed by atoms with van der Waals surface area (Å²) >= 11 is 0. The predicted octanol–water partition coefficient (Wildman–Crippen LogP) is 2.59. The van der Waals surface area contributed by atoms with E-state index in [2.05, 4.69) is 10.2 Å². The minimum atomic E-state index is -0.498. The number of hydrogen-bond acceptors (Lipinski definition) is 2. The number of likely N-dealkylation sites (N-methyl/N-ethyl adjacent to an activating group) is 1. The zero-order valence-electron chi connectivity index (χ0n) is 12.6. The lowest BCUT2D eigenvalue weighted by Crippen LogP contribution is -2.48. The standard InChI is InChI=1S/C17H23FN2O/c1-19-16(21)17(7-4-8-17)14-6-5-13(15(18)11-14)12-20-9-2-3-10-20/h5-6,11H,2-4,7-10,12H2,1H3,(H,19,21). The van der Waals surface area contributed by atoms with Crippen molar-refractivity contribution in [2.75, 3.05) is 20.1 Å². The lowest BCUT2D eigenvalue weighted by molar-refractivity contribution is -0.129. The van der Waals surface area contributed by atoms with Crippen LogP contribution in [0.4, 0.5) is 4.39 Å². The summed E-state index contributed by atoms with van der Waals surface area (Å²) in [6, 6.07) is 5.40. The third-order valence-corrected chi connectivity index (χ3v) is 5.07. The molecule has 1 aliphatic carbocycles. The lowest BCUT2D eigenvalue weighted by Gasteiger charge is -2.40. The molecule has 21 heavy (non-hydrogen) atoms. The first-order valence-corrected chi connectivity index (χ1v) is 7.89. The van der Waals surface area contributed by atoms with Crippen LogP contribution in [0.5, 0.6) is 0 Å². The molecular weight excluding hydrogens is 267 g/mol. The molecule has 1 aromatic carbocycles. The van der Waals surface area contributed by atoms with Crippen LogP contribution in [0.2, 0.25) is 0 Å². The van der Waals surface area contributed by atoms with Gasteiger partial charge in [0.1, 0.15) is 5.82 Å². The monoisotopic (exact) mass is 290 g/mol. The number of carbonyl (C=O) groups is 1. The molecule has 0 spiro atoms. The van der Waals surface area contributed by atoms with Crippen LogP contribution in [0.25, 0.3) is 0 Å². The van der Waals surface area contributed by atoms with Gasteiger partial charge in [-0.25, -0.2) is 4.39 Å². The van der Waals surface area contributed by atoms with E-state index in [0.717, 1.165) is 43.5 Å². The van der Waals surface area contributed by atoms with E-state index < -0.39 is 5.41 Å². The van der Waals surface area contributed by atoms with Gasteiger partial charge in [-0.3, -0.25) is 9.69 Å². The molecule has 1 N–H and O–H groups in total. The second-order valence-corrected chi connectivity index (χ2v) is 6.30. The first kappa shape index (κ1) is 14.5. The van der Waals surface area contributed by atoms with Gasteiger partial charge in [0.15, 0.2) is 0 Å². The van der Waals surface area contributed by atoms with E-state index in [4.69, 9.17) is 0 Å². The maximum atomic E-state index is 14.4. The fourth-order valence-corrected chi connectivity index (χ4v) is 3.57. The van der Waals surface area contributed by atoms with E-state index in [1.807, 2.05) is 12.1 Å². The second kappa shape index (κ2) is 5.76. The number of benzene rings is 1. The molecule has 0 atom stereocenters. The summed E-state index contributed by atoms with van der Waals surface area (Å²) in [4.78, 5) is 14.4. The van der Waals surface area contributed by atoms with Crippen molar-refractivity contribution >= 4 is 5.91 Å². The van der Waals surface area contributed by atoms with Gasteiger partial charge in [0.2, 0.25) is 5.91 Å². The Labute approximate surface area is 125 Å². The number of rotatable bonds is 4. The Balaban J connectivity index is 1.81. The molecule has 1 saturated heterocycles. The van der Waals surface area contributed by atoms with E-state index in [1.54, 1.807) is 13.1 Å². The van der Waals surface area contributed by atoms with Crippen molar-refractivity contribution in [1.29, 1.82) is 0 Å². The van der Waals surface area contributed by atoms with Gasteiger partial charge in [0, 0.05) is 19.2 Å². The zero-order valence-corrected chi connectivity index (χ0v) is 12.6. The highest BCUT2D eigenvalue weighted by Crippen LogP contribution is 2.44. The Kier molecular flexibility index (Phi) is 3.98. The molecule has 1 aromatic rings. The SMILES string of the molecule is CNC(=O)C1(c2ccc(CN3CCCC3)c(F)c2)CCC1. The Bertz CT molecular complexity index is 534. The lowest BCUT2D eigenvalue weighted by atomic mass is 9.63. The molecule has 0 radical (unpaired) electrons. The van der Waals surface area contributed by atoms with Crippen molar-refractivity contribution in [1.82, 2.24) is 10.2 Å². The molecule has 1 aliphatic heterocycles. The largest absolute Gasteiger partial charge is 0.358 e. The quantitative estimate of drug-likeness (QED) is 0.924. The van der Waals surface area contributed by atoms with Gasteiger partial charge >= 0.3 is 0 Å². The fraction of sp³-hybridized carbons (Fsp3) is 0.588. The highest BCUT2D eigenvalue weighted by Gasteiger charge is 2.45. The van der Waals surface area contributed by atoms with E-state index in [0.29, 0.717) is 6.54 Å². The maximum absolute atomic E-state index is 14.4. The third kappa shape index (κ3) is 2.57. The molecule has 2 aliphatic rings. The molecule has 0 unspecified atom stereocenters. The average molecular weight is 290 g/mol. The molecule has 4 heteroatoms. The van der Waals surface area contributed by atoms with E-state index in [-0.39, 0.29) is 11.7 Å². The van der Waals surface area contributed by atoms with E-state index in [1.165, 1.54) is 12.8 Å². The van der Waals surface area contributed by atoms with Gasteiger partial charge in [0.25, 0.3) is 0 Å². The number of hydrogen-bond donors (Lipinski definition) is 1. The van der Waals surface area contributed by atoms with Crippen LogP contribution in [0.1, 0.15) is 43.2 Å². The van der Waals surface area contributed by atoms with E-state index >= 15 is 0 Å². The van der Waals surface area contributed by atoms with E-state index in [9.17, 15) is 9.18 Å². The van der Waals surface area contributed by atoms with Crippen molar-refractivity contribution in [3.05, 3.63) is 35.1 Å². The van der Waals surface area contributed by atoms with Gasteiger partial charge in [0.05, 0.1) is 5.41 Å². The third-order valence-electron chi connectivity index (χ3n) is 5.07. The number of likely N-dealkylation sites (tertiary alicyclic amines) is 1. The summed E-state index contributed by atoms with van der Waals surface area (Å²) in [6.45, 7) is 2.80. The summed E-state index contributed by atoms with van der Waals surface area (Å²) in [5.41, 5.74) is 1.07. The molecule has 1 saturated carbocycles. The highest BCUT2D eigenvalue weighted by atomic mass is 19.1. The summed E-state index contributed by atoms with van der Waals surface area (Å²) in [5, 5.41) is 2.73. The molecule has 2 fully saturated rings. The smallest absolute Gasteiger partial charge is 0.230 e. The summed E-state index contributed by atoms with van der Waals surface area (Å²) in [5.74, 6) is -0.157. The van der Waals surface area contributed by atoms with Crippen LogP contribution in [0.3, 0.4) is 0 Å². The number of halogens is 1. The minimum absolute atomic E-state index is 0.0143. The first-order valence-electron chi connectivity index (χ1n) is 7.89. The Morgan fingerprint density at radius 2 is 2.00 bits per heavy atom. The van der Waals surface area contributed by atoms with Gasteiger partial charge in [-0.2, -0.15) is 0 Å². The van der Waals surface area contributed by atoms with Crippen LogP contribution >= 0.6 is 0 Å². The molecule has 3 rings (SSSR count). The fourth-order valence-electron chi connectivity index (χ4n) is 3.57. The average Bonchev–Trinajstić information content (AvgIpc) is 2.93. The van der Waals surface area contributed by atoms with Crippen molar-refractivity contribution in [3.63, 3.8) is 0 Å². The normalized spacial score (nSPS) is 21.0. The molecule has 0 bridgehead atoms. The number of carbonyl (C=O) groups excluding carboxylic acids is 1. The number of nitrogens with one attached hydrogen (secondary N) is 1. The van der Waals surface area contributed by atoms with Gasteiger partial charge in [-0.05, 0) is 50.4 Å². The highest BCUT2D eigenvalue weighted by molar-refractivity contribution is 5.89. The van der Waals surface area contributed by atoms with Crippen LogP contribution in [-0.4, -0.2) is 30.9 Å². The van der Waals surface area contributed by atoms with Crippen LogP contribution in [0.15, 0.2) is 18.2 Å². The summed E-state index contributed by atoms with van der Waals surface area (Å²) < 4.78 is 14.4. The summed E-state index contributed by atoms with van der Waals surface area (Å²) in [6.07, 6.45) is 5.08. The Hall–Kier alpha value is -1.42. The molecule has 3 nitrogen and oxygen atoms in total. The van der Waals surface area contributed by atoms with Gasteiger partial charge in [-0.1, -0.05) is 18.6 Å². The first-order chi connectivity index (χ1) is 10.2. The predicted molar refractivity (Wildman–Crippen MR) is 80.5 cm³/mol. The second-order valence-electron chi connectivity index (χ2n) is 6.30. The van der Waals surface area contributed by atoms with Crippen LogP contribution in [0, 0.1) is 5.82 Å². The molecule has 114 valence electrons. The van der Waals surface area contributed by atoms with Crippen LogP contribution < -0.4 is 5.32 Å². The molecule has 1 heterocycles. The van der Waals surface area contributed by atoms with Crippen molar-refractivity contribution in [2.45, 2.75) is 44.1 Å². The van der Waals surface area contributed by atoms with Crippen molar-refractivity contribution < 1.29 is 9.18 Å². The number of nitrogens with zero attached hydrogens (tertiary/aromatic N) is 1. The topological polar surface area (TPSA) is 32.3 Å². The van der Waals surface area contributed by atoms with Gasteiger partial charge in [-0.15, -0.1) is 0 Å². The maximum Gasteiger partial charge on any atom is 0.230 e. The molecular formula is C17H23FN2O. The molecule has 1 amide bonds. The molecule has 0 aromatic heterocycles. The van der Waals surface area contributed by atoms with Crippen molar-refractivity contribution in [3.8, 4) is 0 Å². The van der Waals surface area contributed by atoms with Crippen molar-refractivity contribution in [2.24, 2.45) is 0 Å². The Morgan fingerprint density at radius 3 is 2.52 bits per heavy atom. The van der Waals surface area contributed by atoms with Crippen LogP contribution in [-0.2, 0) is 16.8 Å². The Morgan fingerprint density at radius 1 is 1.29 bits per heavy atom. The summed E-state index contributed by atoms with van der Waals surface area (Å²) in [7, 11) is 1.65.